The highest BCUT2D eigenvalue weighted by Crippen LogP contribution is 2.42. The molecule has 1 unspecified atom stereocenters. The summed E-state index contributed by atoms with van der Waals surface area (Å²) in [5.41, 5.74) is -0.223. The first-order valence-electron chi connectivity index (χ1n) is 12.6. The predicted molar refractivity (Wildman–Crippen MR) is 142 cm³/mol. The molecule has 224 valence electrons. The number of rotatable bonds is 9. The van der Waals surface area contributed by atoms with Crippen molar-refractivity contribution in [3.63, 3.8) is 0 Å². The Bertz CT molecular complexity index is 1680. The van der Waals surface area contributed by atoms with Gasteiger partial charge in [0.1, 0.15) is 18.4 Å². The van der Waals surface area contributed by atoms with Gasteiger partial charge in [-0.05, 0) is 23.3 Å². The van der Waals surface area contributed by atoms with Gasteiger partial charge in [0.15, 0.2) is 11.9 Å². The van der Waals surface area contributed by atoms with Crippen LogP contribution in [0.1, 0.15) is 17.4 Å². The van der Waals surface area contributed by atoms with Crippen molar-refractivity contribution in [1.82, 2.24) is 24.5 Å². The lowest BCUT2D eigenvalue weighted by molar-refractivity contribution is -0.384. The minimum absolute atomic E-state index is 0.0309. The molecule has 1 aliphatic rings. The number of aliphatic hydroxyl groups is 2. The molecule has 1 aliphatic heterocycles. The van der Waals surface area contributed by atoms with Crippen molar-refractivity contribution in [2.75, 3.05) is 11.9 Å². The number of hydrogen-bond acceptors (Lipinski definition) is 11. The molecule has 0 bridgehead atoms. The fourth-order valence-corrected chi connectivity index (χ4v) is 4.30. The summed E-state index contributed by atoms with van der Waals surface area (Å²) in [6.45, 7) is -0.947. The Morgan fingerprint density at radius 3 is 2.51 bits per heavy atom. The summed E-state index contributed by atoms with van der Waals surface area (Å²) in [5.74, 6) is -4.39. The second kappa shape index (κ2) is 12.0. The molecule has 1 amide bonds. The lowest BCUT2D eigenvalue weighted by Gasteiger charge is -2.22. The van der Waals surface area contributed by atoms with Crippen LogP contribution in [0.5, 0.6) is 0 Å². The molecule has 0 saturated carbocycles. The number of halogens is 2. The molecule has 4 aromatic rings. The zero-order valence-corrected chi connectivity index (χ0v) is 22.0. The molecule has 1 saturated heterocycles. The summed E-state index contributed by atoms with van der Waals surface area (Å²) >= 11 is 0. The van der Waals surface area contributed by atoms with Crippen molar-refractivity contribution >= 4 is 17.6 Å². The molecule has 0 aliphatic carbocycles. The molecule has 0 radical (unpaired) electrons. The van der Waals surface area contributed by atoms with Crippen LogP contribution in [0.4, 0.5) is 25.1 Å². The summed E-state index contributed by atoms with van der Waals surface area (Å²) in [4.78, 5) is 39.5. The van der Waals surface area contributed by atoms with Crippen LogP contribution in [0.25, 0.3) is 11.3 Å². The summed E-state index contributed by atoms with van der Waals surface area (Å²) < 4.78 is 41.9. The van der Waals surface area contributed by atoms with E-state index in [-0.39, 0.29) is 30.1 Å². The number of aliphatic hydroxyl groups excluding tert-OH is 2. The Labute approximate surface area is 240 Å². The number of carbonyl (C=O) groups excluding carboxylic acids is 1. The Morgan fingerprint density at radius 2 is 1.86 bits per heavy atom. The van der Waals surface area contributed by atoms with Gasteiger partial charge in [-0.2, -0.15) is 13.8 Å². The van der Waals surface area contributed by atoms with Crippen molar-refractivity contribution < 1.29 is 38.2 Å². The van der Waals surface area contributed by atoms with Crippen LogP contribution in [0.2, 0.25) is 0 Å². The number of nitro benzene ring substituents is 1. The molecule has 2 aromatic heterocycles. The number of nitrogens with one attached hydrogen (secondary N) is 1. The van der Waals surface area contributed by atoms with E-state index in [2.05, 4.69) is 20.6 Å². The summed E-state index contributed by atoms with van der Waals surface area (Å²) in [6.07, 6.45) is -5.14. The highest BCUT2D eigenvalue weighted by Gasteiger charge is 2.59. The summed E-state index contributed by atoms with van der Waals surface area (Å²) in [6, 6.07) is 14.4. The second-order valence-electron chi connectivity index (χ2n) is 9.43. The molecule has 5 rings (SSSR count). The third kappa shape index (κ3) is 6.22. The van der Waals surface area contributed by atoms with E-state index in [0.717, 1.165) is 11.8 Å². The first-order valence-corrected chi connectivity index (χ1v) is 12.6. The number of nitro groups is 1. The van der Waals surface area contributed by atoms with Crippen LogP contribution in [0.3, 0.4) is 0 Å². The van der Waals surface area contributed by atoms with E-state index in [1.54, 1.807) is 0 Å². The van der Waals surface area contributed by atoms with Gasteiger partial charge in [-0.25, -0.2) is 14.3 Å². The van der Waals surface area contributed by atoms with Gasteiger partial charge in [0.05, 0.1) is 29.8 Å². The maximum Gasteiger partial charge on any atom is 0.413 e. The summed E-state index contributed by atoms with van der Waals surface area (Å²) in [5, 5.41) is 40.5. The number of nitrogens with zero attached hydrogens (tertiary/aromatic N) is 6. The quantitative estimate of drug-likeness (QED) is 0.188. The number of hydrogen-bond donors (Lipinski definition) is 3. The highest BCUT2D eigenvalue weighted by atomic mass is 19.3. The van der Waals surface area contributed by atoms with Gasteiger partial charge in [0.2, 0.25) is 6.23 Å². The number of benzene rings is 2. The monoisotopic (exact) mass is 599 g/mol. The smallest absolute Gasteiger partial charge is 0.413 e. The Morgan fingerprint density at radius 1 is 1.14 bits per heavy atom. The van der Waals surface area contributed by atoms with Crippen molar-refractivity contribution in [2.24, 2.45) is 0 Å². The van der Waals surface area contributed by atoms with E-state index < -0.39 is 53.5 Å². The average Bonchev–Trinajstić information content (AvgIpc) is 3.54. The van der Waals surface area contributed by atoms with Gasteiger partial charge in [-0.3, -0.25) is 20.0 Å². The first-order chi connectivity index (χ1) is 20.6. The van der Waals surface area contributed by atoms with Crippen LogP contribution >= 0.6 is 0 Å². The van der Waals surface area contributed by atoms with E-state index >= 15 is 0 Å². The van der Waals surface area contributed by atoms with Crippen molar-refractivity contribution in [2.45, 2.75) is 37.5 Å². The molecule has 1 fully saturated rings. The standard InChI is InChI=1S/C26H23F2N7O8/c27-26(28)21(37)20(13-36)43-23(26)34-11-18(19-12-33(32-31-19)10-15-4-2-1-3-5-15)22(29-24(34)38)30-25(39)42-14-16-6-8-17(9-7-16)35(40)41/h1-9,11-12,20-21,23,36-37H,10,13-14H2,(H,29,30,38,39)/t20-,21?,23-/m1/s1. The second-order valence-corrected chi connectivity index (χ2v) is 9.43. The van der Waals surface area contributed by atoms with Crippen molar-refractivity contribution in [3.05, 3.63) is 98.7 Å². The molecule has 17 heteroatoms. The van der Waals surface area contributed by atoms with Gasteiger partial charge in [0, 0.05) is 18.3 Å². The van der Waals surface area contributed by atoms with Crippen LogP contribution in [-0.2, 0) is 22.6 Å². The minimum atomic E-state index is -3.99. The number of alkyl halides is 2. The zero-order valence-electron chi connectivity index (χ0n) is 22.0. The van der Waals surface area contributed by atoms with Gasteiger partial charge in [-0.1, -0.05) is 35.5 Å². The van der Waals surface area contributed by atoms with Gasteiger partial charge < -0.3 is 19.7 Å². The van der Waals surface area contributed by atoms with E-state index in [0.29, 0.717) is 10.1 Å². The number of ether oxygens (including phenoxy) is 2. The number of aromatic nitrogens is 5. The molecular formula is C26H23F2N7O8. The SMILES string of the molecule is O=C(Nc1nc(=O)n([C@@H]2O[C@H](CO)C(O)C2(F)F)cc1-c1cn(Cc2ccccc2)nn1)OCc1ccc([N+](=O)[O-])cc1. The van der Waals surface area contributed by atoms with Gasteiger partial charge >= 0.3 is 17.7 Å². The zero-order chi connectivity index (χ0) is 30.7. The van der Waals surface area contributed by atoms with Crippen LogP contribution in [-0.4, -0.2) is 70.5 Å². The number of amides is 1. The Hall–Kier alpha value is -5.13. The third-order valence-electron chi connectivity index (χ3n) is 6.50. The average molecular weight is 600 g/mol. The van der Waals surface area contributed by atoms with Gasteiger partial charge in [0.25, 0.3) is 5.69 Å². The van der Waals surface area contributed by atoms with Crippen LogP contribution < -0.4 is 11.0 Å². The Balaban J connectivity index is 1.45. The normalized spacial score (nSPS) is 19.2. The molecule has 15 nitrogen and oxygen atoms in total. The van der Waals surface area contributed by atoms with E-state index in [1.807, 2.05) is 30.3 Å². The lowest BCUT2D eigenvalue weighted by atomic mass is 10.1. The fraction of sp³-hybridized carbons (Fsp3) is 0.269. The van der Waals surface area contributed by atoms with E-state index in [4.69, 9.17) is 9.47 Å². The highest BCUT2D eigenvalue weighted by molar-refractivity contribution is 5.88. The van der Waals surface area contributed by atoms with Crippen molar-refractivity contribution in [1.29, 1.82) is 0 Å². The predicted octanol–water partition coefficient (Wildman–Crippen LogP) is 2.09. The van der Waals surface area contributed by atoms with Crippen LogP contribution in [0, 0.1) is 10.1 Å². The van der Waals surface area contributed by atoms with Crippen LogP contribution in [0.15, 0.2) is 71.8 Å². The van der Waals surface area contributed by atoms with E-state index in [9.17, 15) is 38.7 Å². The summed E-state index contributed by atoms with van der Waals surface area (Å²) in [7, 11) is 0. The molecule has 3 atom stereocenters. The lowest BCUT2D eigenvalue weighted by Crippen LogP contribution is -2.42. The molecule has 43 heavy (non-hydrogen) atoms. The van der Waals surface area contributed by atoms with Gasteiger partial charge in [-0.15, -0.1) is 5.10 Å². The molecule has 3 N–H and O–H groups in total. The molecule has 2 aromatic carbocycles. The number of non-ortho nitro benzene ring substituents is 1. The first kappa shape index (κ1) is 29.4. The topological polar surface area (TPSA) is 197 Å². The fourth-order valence-electron chi connectivity index (χ4n) is 4.30. The molecule has 3 heterocycles. The minimum Gasteiger partial charge on any atom is -0.444 e. The number of carbonyl (C=O) groups is 1. The molecule has 0 spiro atoms. The third-order valence-corrected chi connectivity index (χ3v) is 6.50. The maximum absolute atomic E-state index is 14.9. The molecular weight excluding hydrogens is 576 g/mol. The number of anilines is 1. The Kier molecular flexibility index (Phi) is 8.20. The van der Waals surface area contributed by atoms with Crippen molar-refractivity contribution in [3.8, 4) is 11.3 Å². The largest absolute Gasteiger partial charge is 0.444 e. The maximum atomic E-state index is 14.9. The van der Waals surface area contributed by atoms with E-state index in [1.165, 1.54) is 35.1 Å².